The molecule has 1 saturated carbocycles. The third kappa shape index (κ3) is 4.84. The van der Waals surface area contributed by atoms with Crippen LogP contribution in [0.2, 0.25) is 0 Å². The number of carbonyl (C=O) groups excluding carboxylic acids is 2. The lowest BCUT2D eigenvalue weighted by atomic mass is 9.94. The van der Waals surface area contributed by atoms with Gasteiger partial charge in [-0.05, 0) is 46.1 Å². The van der Waals surface area contributed by atoms with Gasteiger partial charge in [-0.3, -0.25) is 19.6 Å². The zero-order valence-electron chi connectivity index (χ0n) is 15.9. The smallest absolute Gasteiger partial charge is 0.234 e. The lowest BCUT2D eigenvalue weighted by Crippen LogP contribution is -2.43. The molecule has 1 unspecified atom stereocenters. The molecule has 0 bridgehead atoms. The molecule has 1 aromatic heterocycles. The minimum Gasteiger partial charge on any atom is -0.353 e. The number of aromatic nitrogens is 2. The molecule has 1 saturated heterocycles. The maximum Gasteiger partial charge on any atom is 0.234 e. The van der Waals surface area contributed by atoms with Crippen LogP contribution in [0, 0.1) is 5.92 Å². The molecule has 1 atom stereocenters. The van der Waals surface area contributed by atoms with Crippen LogP contribution < -0.4 is 10.6 Å². The predicted octanol–water partition coefficient (Wildman–Crippen LogP) is 2.24. The number of aromatic amines is 1. The van der Waals surface area contributed by atoms with E-state index in [1.54, 1.807) is 6.20 Å². The summed E-state index contributed by atoms with van der Waals surface area (Å²) < 4.78 is 0. The second-order valence-electron chi connectivity index (χ2n) is 7.96. The summed E-state index contributed by atoms with van der Waals surface area (Å²) in [6, 6.07) is 0.160. The zero-order chi connectivity index (χ0) is 18.5. The summed E-state index contributed by atoms with van der Waals surface area (Å²) in [7, 11) is 0. The highest BCUT2D eigenvalue weighted by Crippen LogP contribution is 2.31. The van der Waals surface area contributed by atoms with E-state index in [1.165, 1.54) is 0 Å². The van der Waals surface area contributed by atoms with Crippen molar-refractivity contribution in [1.29, 1.82) is 0 Å². The molecule has 2 amide bonds. The molecule has 144 valence electrons. The molecule has 0 spiro atoms. The summed E-state index contributed by atoms with van der Waals surface area (Å²) in [5.41, 5.74) is 1.80. The van der Waals surface area contributed by atoms with Crippen LogP contribution >= 0.6 is 0 Å². The van der Waals surface area contributed by atoms with Gasteiger partial charge in [0.2, 0.25) is 11.8 Å². The molecule has 1 aliphatic carbocycles. The predicted molar refractivity (Wildman–Crippen MR) is 101 cm³/mol. The van der Waals surface area contributed by atoms with Crippen molar-refractivity contribution < 1.29 is 9.59 Å². The molecular weight excluding hydrogens is 330 g/mol. The number of amides is 2. The van der Waals surface area contributed by atoms with Crippen molar-refractivity contribution in [3.8, 4) is 0 Å². The Balaban J connectivity index is 1.59. The lowest BCUT2D eigenvalue weighted by molar-refractivity contribution is -0.123. The molecule has 7 heteroatoms. The Morgan fingerprint density at radius 3 is 2.77 bits per heavy atom. The van der Waals surface area contributed by atoms with Gasteiger partial charge in [0.15, 0.2) is 0 Å². The van der Waals surface area contributed by atoms with Crippen molar-refractivity contribution in [3.05, 3.63) is 11.9 Å². The van der Waals surface area contributed by atoms with Gasteiger partial charge < -0.3 is 10.6 Å². The van der Waals surface area contributed by atoms with E-state index in [4.69, 9.17) is 0 Å². The lowest BCUT2D eigenvalue weighted by Gasteiger charge is -2.32. The number of piperidine rings is 1. The van der Waals surface area contributed by atoms with Crippen molar-refractivity contribution in [1.82, 2.24) is 20.4 Å². The van der Waals surface area contributed by atoms with Gasteiger partial charge in [-0.15, -0.1) is 0 Å². The minimum absolute atomic E-state index is 0.0695. The van der Waals surface area contributed by atoms with Crippen molar-refractivity contribution >= 4 is 17.5 Å². The first-order valence-corrected chi connectivity index (χ1v) is 9.88. The molecular formula is C19H31N5O2. The zero-order valence-corrected chi connectivity index (χ0v) is 15.9. The van der Waals surface area contributed by atoms with Gasteiger partial charge >= 0.3 is 0 Å². The van der Waals surface area contributed by atoms with Crippen molar-refractivity contribution in [2.24, 2.45) is 5.92 Å². The summed E-state index contributed by atoms with van der Waals surface area (Å²) in [6.07, 6.45) is 8.05. The van der Waals surface area contributed by atoms with E-state index in [0.29, 0.717) is 6.54 Å². The fourth-order valence-electron chi connectivity index (χ4n) is 4.14. The summed E-state index contributed by atoms with van der Waals surface area (Å²) in [5.74, 6) is 0.589. The molecule has 2 fully saturated rings. The van der Waals surface area contributed by atoms with E-state index >= 15 is 0 Å². The van der Waals surface area contributed by atoms with Crippen molar-refractivity contribution in [3.63, 3.8) is 0 Å². The van der Waals surface area contributed by atoms with Crippen LogP contribution in [0.5, 0.6) is 0 Å². The molecule has 1 aromatic rings. The second kappa shape index (κ2) is 8.66. The van der Waals surface area contributed by atoms with Crippen LogP contribution in [-0.4, -0.2) is 52.6 Å². The largest absolute Gasteiger partial charge is 0.353 e. The molecule has 0 aromatic carbocycles. The summed E-state index contributed by atoms with van der Waals surface area (Å²) >= 11 is 0. The number of hydrogen-bond acceptors (Lipinski definition) is 4. The molecule has 26 heavy (non-hydrogen) atoms. The Kier molecular flexibility index (Phi) is 6.29. The first-order chi connectivity index (χ1) is 12.5. The number of hydrogen-bond donors (Lipinski definition) is 3. The van der Waals surface area contributed by atoms with E-state index in [9.17, 15) is 9.59 Å². The van der Waals surface area contributed by atoms with Crippen LogP contribution in [0.3, 0.4) is 0 Å². The Labute approximate surface area is 155 Å². The van der Waals surface area contributed by atoms with Crippen LogP contribution in [0.1, 0.15) is 64.0 Å². The number of anilines is 1. The Bertz CT molecular complexity index is 621. The Hall–Kier alpha value is -1.89. The van der Waals surface area contributed by atoms with Gasteiger partial charge in [0.1, 0.15) is 0 Å². The number of H-pyrrole nitrogens is 1. The molecule has 3 rings (SSSR count). The van der Waals surface area contributed by atoms with Crippen LogP contribution in [0.15, 0.2) is 6.20 Å². The van der Waals surface area contributed by atoms with Crippen LogP contribution in [0.4, 0.5) is 5.69 Å². The molecule has 2 heterocycles. The molecule has 1 aliphatic heterocycles. The van der Waals surface area contributed by atoms with E-state index in [1.807, 2.05) is 13.8 Å². The molecule has 2 aliphatic rings. The van der Waals surface area contributed by atoms with Gasteiger partial charge in [0, 0.05) is 24.4 Å². The SMILES string of the molecule is CC(C)NC(=O)CN1CCCC(c2[nH]ncc2NC(=O)C2CCCC2)C1. The average Bonchev–Trinajstić information content (AvgIpc) is 3.26. The van der Waals surface area contributed by atoms with Gasteiger partial charge in [0.25, 0.3) is 0 Å². The highest BCUT2D eigenvalue weighted by atomic mass is 16.2. The van der Waals surface area contributed by atoms with Gasteiger partial charge in [-0.25, -0.2) is 0 Å². The topological polar surface area (TPSA) is 90.1 Å². The molecule has 7 nitrogen and oxygen atoms in total. The third-order valence-corrected chi connectivity index (χ3v) is 5.38. The van der Waals surface area contributed by atoms with E-state index in [-0.39, 0.29) is 29.7 Å². The van der Waals surface area contributed by atoms with Gasteiger partial charge in [-0.1, -0.05) is 12.8 Å². The molecule has 0 radical (unpaired) electrons. The van der Waals surface area contributed by atoms with Crippen molar-refractivity contribution in [2.75, 3.05) is 25.0 Å². The minimum atomic E-state index is 0.0695. The van der Waals surface area contributed by atoms with E-state index in [2.05, 4.69) is 25.7 Å². The fraction of sp³-hybridized carbons (Fsp3) is 0.737. The summed E-state index contributed by atoms with van der Waals surface area (Å²) in [5, 5.41) is 13.3. The maximum atomic E-state index is 12.4. The Morgan fingerprint density at radius 2 is 2.04 bits per heavy atom. The standard InChI is InChI=1S/C19H31N5O2/c1-13(2)21-17(25)12-24-9-5-8-15(11-24)18-16(10-20-23-18)22-19(26)14-6-3-4-7-14/h10,13-15H,3-9,11-12H2,1-2H3,(H,20,23)(H,21,25)(H,22,26). The quantitative estimate of drug-likeness (QED) is 0.725. The number of nitrogens with one attached hydrogen (secondary N) is 3. The fourth-order valence-corrected chi connectivity index (χ4v) is 4.14. The summed E-state index contributed by atoms with van der Waals surface area (Å²) in [4.78, 5) is 26.7. The normalized spacial score (nSPS) is 21.9. The molecule has 3 N–H and O–H groups in total. The second-order valence-corrected chi connectivity index (χ2v) is 7.96. The van der Waals surface area contributed by atoms with Crippen LogP contribution in [-0.2, 0) is 9.59 Å². The van der Waals surface area contributed by atoms with Crippen LogP contribution in [0.25, 0.3) is 0 Å². The number of carbonyl (C=O) groups is 2. The monoisotopic (exact) mass is 361 g/mol. The highest BCUT2D eigenvalue weighted by molar-refractivity contribution is 5.93. The average molecular weight is 361 g/mol. The highest BCUT2D eigenvalue weighted by Gasteiger charge is 2.28. The Morgan fingerprint density at radius 1 is 1.27 bits per heavy atom. The number of nitrogens with zero attached hydrogens (tertiary/aromatic N) is 2. The number of likely N-dealkylation sites (tertiary alicyclic amines) is 1. The van der Waals surface area contributed by atoms with Crippen molar-refractivity contribution in [2.45, 2.75) is 64.3 Å². The van der Waals surface area contributed by atoms with E-state index in [0.717, 1.165) is 63.0 Å². The van der Waals surface area contributed by atoms with Gasteiger partial charge in [0.05, 0.1) is 24.1 Å². The summed E-state index contributed by atoms with van der Waals surface area (Å²) in [6.45, 7) is 6.11. The maximum absolute atomic E-state index is 12.4. The van der Waals surface area contributed by atoms with E-state index < -0.39 is 0 Å². The first kappa shape index (κ1) is 18.9. The van der Waals surface area contributed by atoms with Gasteiger partial charge in [-0.2, -0.15) is 5.10 Å². The number of rotatable bonds is 6. The third-order valence-electron chi connectivity index (χ3n) is 5.38. The first-order valence-electron chi connectivity index (χ1n) is 9.88.